The monoisotopic (exact) mass is 188 g/mol. The Kier molecular flexibility index (Phi) is 7.02. The van der Waals surface area contributed by atoms with Crippen molar-refractivity contribution in [3.8, 4) is 0 Å². The molecule has 2 unspecified atom stereocenters. The van der Waals surface area contributed by atoms with Crippen LogP contribution in [-0.4, -0.2) is 11.5 Å². The molecule has 0 aliphatic carbocycles. The Morgan fingerprint density at radius 2 is 1.75 bits per heavy atom. The molecule has 0 spiro atoms. The maximum Gasteiger partial charge on any atom is 0.00954 e. The van der Waals surface area contributed by atoms with Gasteiger partial charge in [0.15, 0.2) is 0 Å². The van der Waals surface area contributed by atoms with E-state index in [1.165, 1.54) is 19.3 Å². The highest BCUT2D eigenvalue weighted by atomic mass is 32.2. The Morgan fingerprint density at radius 1 is 1.17 bits per heavy atom. The fourth-order valence-corrected chi connectivity index (χ4v) is 3.24. The molecule has 0 aliphatic heterocycles. The lowest BCUT2D eigenvalue weighted by Gasteiger charge is -2.27. The molecule has 0 aromatic rings. The third-order valence-corrected chi connectivity index (χ3v) is 4.05. The van der Waals surface area contributed by atoms with Gasteiger partial charge in [0.25, 0.3) is 0 Å². The molecule has 74 valence electrons. The summed E-state index contributed by atoms with van der Waals surface area (Å²) in [6, 6.07) is 0. The molecule has 2 atom stereocenters. The maximum absolute atomic E-state index is 2.35. The first kappa shape index (κ1) is 12.3. The number of rotatable bonds is 6. The van der Waals surface area contributed by atoms with Gasteiger partial charge in [0.1, 0.15) is 0 Å². The fourth-order valence-electron chi connectivity index (χ4n) is 1.98. The lowest BCUT2D eigenvalue weighted by molar-refractivity contribution is 0.388. The van der Waals surface area contributed by atoms with Crippen LogP contribution in [0.4, 0.5) is 0 Å². The molecule has 12 heavy (non-hydrogen) atoms. The predicted molar refractivity (Wildman–Crippen MR) is 60.8 cm³/mol. The number of thioether (sulfide) groups is 1. The molecule has 0 saturated heterocycles. The average molecular weight is 188 g/mol. The van der Waals surface area contributed by atoms with Crippen LogP contribution < -0.4 is 0 Å². The molecule has 0 fully saturated rings. The van der Waals surface area contributed by atoms with E-state index in [1.54, 1.807) is 0 Å². The summed E-state index contributed by atoms with van der Waals surface area (Å²) >= 11 is 2.05. The zero-order chi connectivity index (χ0) is 9.56. The summed E-state index contributed by atoms with van der Waals surface area (Å²) in [6.45, 7) is 9.31. The second-order valence-corrected chi connectivity index (χ2v) is 4.92. The molecule has 0 bridgehead atoms. The Bertz CT molecular complexity index is 99.2. The van der Waals surface area contributed by atoms with E-state index < -0.39 is 0 Å². The van der Waals surface area contributed by atoms with E-state index in [0.29, 0.717) is 0 Å². The minimum atomic E-state index is 0.830. The molecule has 0 aromatic carbocycles. The summed E-state index contributed by atoms with van der Waals surface area (Å²) in [5.41, 5.74) is 0. The van der Waals surface area contributed by atoms with Gasteiger partial charge in [-0.15, -0.1) is 0 Å². The minimum Gasteiger partial charge on any atom is -0.161 e. The molecule has 0 saturated carbocycles. The van der Waals surface area contributed by atoms with Crippen molar-refractivity contribution in [2.24, 2.45) is 11.8 Å². The standard InChI is InChI=1S/C11H24S/c1-6-8-10(7-2)11(12-5)9(3)4/h9-11H,6-8H2,1-5H3. The van der Waals surface area contributed by atoms with Gasteiger partial charge >= 0.3 is 0 Å². The molecule has 0 rings (SSSR count). The highest BCUT2D eigenvalue weighted by Crippen LogP contribution is 2.30. The number of hydrogen-bond donors (Lipinski definition) is 0. The van der Waals surface area contributed by atoms with Crippen molar-refractivity contribution < 1.29 is 0 Å². The topological polar surface area (TPSA) is 0 Å². The first-order valence-electron chi connectivity index (χ1n) is 5.20. The van der Waals surface area contributed by atoms with E-state index in [9.17, 15) is 0 Å². The number of hydrogen-bond acceptors (Lipinski definition) is 1. The molecule has 1 heteroatoms. The van der Waals surface area contributed by atoms with E-state index in [2.05, 4.69) is 45.7 Å². The molecule has 0 aliphatic rings. The van der Waals surface area contributed by atoms with Crippen LogP contribution in [0, 0.1) is 11.8 Å². The van der Waals surface area contributed by atoms with Gasteiger partial charge in [-0.05, 0) is 24.5 Å². The molecular weight excluding hydrogens is 164 g/mol. The van der Waals surface area contributed by atoms with E-state index >= 15 is 0 Å². The van der Waals surface area contributed by atoms with Crippen molar-refractivity contribution in [1.29, 1.82) is 0 Å². The molecule has 0 amide bonds. The molecule has 0 heterocycles. The van der Waals surface area contributed by atoms with Crippen LogP contribution in [-0.2, 0) is 0 Å². The summed E-state index contributed by atoms with van der Waals surface area (Å²) in [6.07, 6.45) is 6.34. The van der Waals surface area contributed by atoms with Crippen LogP contribution >= 0.6 is 11.8 Å². The summed E-state index contributed by atoms with van der Waals surface area (Å²) in [5, 5.41) is 0.870. The second kappa shape index (κ2) is 6.82. The highest BCUT2D eigenvalue weighted by molar-refractivity contribution is 7.99. The van der Waals surface area contributed by atoms with Crippen LogP contribution in [0.25, 0.3) is 0 Å². The van der Waals surface area contributed by atoms with Gasteiger partial charge in [0.05, 0.1) is 0 Å². The molecule has 0 N–H and O–H groups in total. The van der Waals surface area contributed by atoms with E-state index in [-0.39, 0.29) is 0 Å². The summed E-state index contributed by atoms with van der Waals surface area (Å²) in [4.78, 5) is 0. The lowest BCUT2D eigenvalue weighted by atomic mass is 9.90. The van der Waals surface area contributed by atoms with E-state index in [0.717, 1.165) is 17.1 Å². The normalized spacial score (nSPS) is 16.5. The van der Waals surface area contributed by atoms with Crippen molar-refractivity contribution in [3.63, 3.8) is 0 Å². The van der Waals surface area contributed by atoms with Gasteiger partial charge < -0.3 is 0 Å². The van der Waals surface area contributed by atoms with E-state index in [1.807, 2.05) is 0 Å². The molecule has 0 aromatic heterocycles. The Morgan fingerprint density at radius 3 is 2.00 bits per heavy atom. The minimum absolute atomic E-state index is 0.830. The van der Waals surface area contributed by atoms with Crippen LogP contribution in [0.5, 0.6) is 0 Å². The second-order valence-electron chi connectivity index (χ2n) is 3.90. The SMILES string of the molecule is CCCC(CC)C(SC)C(C)C. The van der Waals surface area contributed by atoms with Gasteiger partial charge in [0, 0.05) is 5.25 Å². The zero-order valence-corrected chi connectivity index (χ0v) is 10.1. The summed E-state index contributed by atoms with van der Waals surface area (Å²) in [5.74, 6) is 1.77. The molecule has 0 radical (unpaired) electrons. The predicted octanol–water partition coefficient (Wildman–Crippen LogP) is 4.20. The van der Waals surface area contributed by atoms with Crippen LogP contribution in [0.15, 0.2) is 0 Å². The summed E-state index contributed by atoms with van der Waals surface area (Å²) < 4.78 is 0. The smallest absolute Gasteiger partial charge is 0.00954 e. The van der Waals surface area contributed by atoms with Crippen LogP contribution in [0.1, 0.15) is 47.0 Å². The van der Waals surface area contributed by atoms with Crippen molar-refractivity contribution in [3.05, 3.63) is 0 Å². The van der Waals surface area contributed by atoms with Gasteiger partial charge in [-0.2, -0.15) is 11.8 Å². The first-order valence-corrected chi connectivity index (χ1v) is 6.48. The molecule has 0 nitrogen and oxygen atoms in total. The van der Waals surface area contributed by atoms with Crippen molar-refractivity contribution in [1.82, 2.24) is 0 Å². The average Bonchev–Trinajstić information content (AvgIpc) is 2.03. The first-order chi connectivity index (χ1) is 5.67. The van der Waals surface area contributed by atoms with E-state index in [4.69, 9.17) is 0 Å². The Hall–Kier alpha value is 0.350. The van der Waals surface area contributed by atoms with Gasteiger partial charge in [-0.25, -0.2) is 0 Å². The maximum atomic E-state index is 2.35. The fraction of sp³-hybridized carbons (Fsp3) is 1.00. The lowest BCUT2D eigenvalue weighted by Crippen LogP contribution is -2.22. The van der Waals surface area contributed by atoms with Gasteiger partial charge in [-0.3, -0.25) is 0 Å². The Labute approximate surface area is 82.5 Å². The third kappa shape index (κ3) is 3.84. The highest BCUT2D eigenvalue weighted by Gasteiger charge is 2.20. The summed E-state index contributed by atoms with van der Waals surface area (Å²) in [7, 11) is 0. The van der Waals surface area contributed by atoms with Crippen LogP contribution in [0.2, 0.25) is 0 Å². The van der Waals surface area contributed by atoms with Crippen molar-refractivity contribution in [2.75, 3.05) is 6.26 Å². The van der Waals surface area contributed by atoms with Gasteiger partial charge in [0.2, 0.25) is 0 Å². The zero-order valence-electron chi connectivity index (χ0n) is 9.26. The van der Waals surface area contributed by atoms with Gasteiger partial charge in [-0.1, -0.05) is 40.5 Å². The van der Waals surface area contributed by atoms with Crippen LogP contribution in [0.3, 0.4) is 0 Å². The molecular formula is C11H24S. The third-order valence-electron chi connectivity index (χ3n) is 2.58. The van der Waals surface area contributed by atoms with Crippen molar-refractivity contribution >= 4 is 11.8 Å². The quantitative estimate of drug-likeness (QED) is 0.602. The van der Waals surface area contributed by atoms with Crippen molar-refractivity contribution in [2.45, 2.75) is 52.2 Å². The largest absolute Gasteiger partial charge is 0.161 e. The Balaban J connectivity index is 4.02.